The predicted molar refractivity (Wildman–Crippen MR) is 105 cm³/mol. The Bertz CT molecular complexity index is 1010. The molecule has 0 saturated heterocycles. The maximum Gasteiger partial charge on any atom is 0.254 e. The summed E-state index contributed by atoms with van der Waals surface area (Å²) in [5.41, 5.74) is 2.90. The number of amides is 1. The minimum Gasteiger partial charge on any atom is -0.497 e. The smallest absolute Gasteiger partial charge is 0.254 e. The number of nitrogens with zero attached hydrogens (tertiary/aromatic N) is 3. The van der Waals surface area contributed by atoms with Crippen LogP contribution >= 0.6 is 0 Å². The first-order chi connectivity index (χ1) is 13.6. The lowest BCUT2D eigenvalue weighted by Crippen LogP contribution is -2.34. The number of ether oxygens (including phenoxy) is 1. The number of aromatic nitrogens is 2. The van der Waals surface area contributed by atoms with E-state index in [1.165, 1.54) is 6.07 Å². The second-order valence-electron chi connectivity index (χ2n) is 6.89. The van der Waals surface area contributed by atoms with Crippen molar-refractivity contribution in [3.63, 3.8) is 0 Å². The summed E-state index contributed by atoms with van der Waals surface area (Å²) in [6, 6.07) is 12.5. The summed E-state index contributed by atoms with van der Waals surface area (Å²) in [6.07, 6.45) is 2.54. The summed E-state index contributed by atoms with van der Waals surface area (Å²) in [5.74, 6) is 1.28. The Balaban J connectivity index is 1.56. The van der Waals surface area contributed by atoms with Crippen molar-refractivity contribution in [2.24, 2.45) is 0 Å². The standard InChI is InChI=1S/C22H22FN3O2/c1-15-18(4-3-5-19(15)23)22(27)25-11-10-21-24-14-20(26(21)13-12-25)16-6-8-17(28-2)9-7-16/h3-9,14H,10-13H2,1-2H3. The molecule has 0 N–H and O–H groups in total. The second-order valence-corrected chi connectivity index (χ2v) is 6.89. The molecule has 1 aromatic heterocycles. The van der Waals surface area contributed by atoms with Crippen LogP contribution in [0.3, 0.4) is 0 Å². The van der Waals surface area contributed by atoms with E-state index in [0.717, 1.165) is 22.8 Å². The fourth-order valence-electron chi connectivity index (χ4n) is 3.64. The lowest BCUT2D eigenvalue weighted by molar-refractivity contribution is 0.0758. The van der Waals surface area contributed by atoms with Gasteiger partial charge in [-0.05, 0) is 48.9 Å². The van der Waals surface area contributed by atoms with Gasteiger partial charge in [0.2, 0.25) is 0 Å². The third kappa shape index (κ3) is 3.26. The van der Waals surface area contributed by atoms with Gasteiger partial charge in [0.1, 0.15) is 17.4 Å². The van der Waals surface area contributed by atoms with Crippen molar-refractivity contribution in [3.8, 4) is 17.0 Å². The lowest BCUT2D eigenvalue weighted by atomic mass is 10.1. The fraction of sp³-hybridized carbons (Fsp3) is 0.273. The van der Waals surface area contributed by atoms with Gasteiger partial charge in [0.15, 0.2) is 0 Å². The first-order valence-corrected chi connectivity index (χ1v) is 9.31. The summed E-state index contributed by atoms with van der Waals surface area (Å²) in [7, 11) is 1.64. The zero-order valence-corrected chi connectivity index (χ0v) is 16.0. The number of methoxy groups -OCH3 is 1. The summed E-state index contributed by atoms with van der Waals surface area (Å²) in [5, 5.41) is 0. The predicted octanol–water partition coefficient (Wildman–Crippen LogP) is 3.70. The zero-order valence-electron chi connectivity index (χ0n) is 16.0. The van der Waals surface area contributed by atoms with Gasteiger partial charge in [0.25, 0.3) is 5.91 Å². The molecular formula is C22H22FN3O2. The number of imidazole rings is 1. The minimum atomic E-state index is -0.351. The molecule has 1 amide bonds. The maximum atomic E-state index is 13.9. The molecule has 0 aliphatic carbocycles. The first-order valence-electron chi connectivity index (χ1n) is 9.31. The third-order valence-corrected chi connectivity index (χ3v) is 5.31. The Morgan fingerprint density at radius 1 is 1.11 bits per heavy atom. The van der Waals surface area contributed by atoms with E-state index in [1.807, 2.05) is 30.5 Å². The van der Waals surface area contributed by atoms with Crippen molar-refractivity contribution < 1.29 is 13.9 Å². The molecule has 2 heterocycles. The average Bonchev–Trinajstić information content (AvgIpc) is 3.01. The molecular weight excluding hydrogens is 357 g/mol. The molecule has 0 fully saturated rings. The van der Waals surface area contributed by atoms with E-state index in [4.69, 9.17) is 4.74 Å². The number of fused-ring (bicyclic) bond motifs is 1. The van der Waals surface area contributed by atoms with Crippen LogP contribution in [0.15, 0.2) is 48.7 Å². The minimum absolute atomic E-state index is 0.131. The highest BCUT2D eigenvalue weighted by atomic mass is 19.1. The molecule has 2 aromatic carbocycles. The van der Waals surface area contributed by atoms with Gasteiger partial charge in [-0.1, -0.05) is 6.07 Å². The number of halogens is 1. The van der Waals surface area contributed by atoms with Crippen LogP contribution in [0.1, 0.15) is 21.7 Å². The zero-order chi connectivity index (χ0) is 19.7. The van der Waals surface area contributed by atoms with Gasteiger partial charge in [-0.3, -0.25) is 4.79 Å². The van der Waals surface area contributed by atoms with Gasteiger partial charge >= 0.3 is 0 Å². The largest absolute Gasteiger partial charge is 0.497 e. The molecule has 0 radical (unpaired) electrons. The molecule has 0 bridgehead atoms. The van der Waals surface area contributed by atoms with E-state index in [1.54, 1.807) is 31.1 Å². The fourth-order valence-corrected chi connectivity index (χ4v) is 3.64. The van der Waals surface area contributed by atoms with Crippen LogP contribution in [0.25, 0.3) is 11.3 Å². The molecule has 6 heteroatoms. The summed E-state index contributed by atoms with van der Waals surface area (Å²) in [6.45, 7) is 3.42. The molecule has 144 valence electrons. The highest BCUT2D eigenvalue weighted by molar-refractivity contribution is 5.95. The first kappa shape index (κ1) is 18.2. The number of carbonyl (C=O) groups is 1. The van der Waals surface area contributed by atoms with Crippen LogP contribution in [-0.2, 0) is 13.0 Å². The molecule has 0 atom stereocenters. The van der Waals surface area contributed by atoms with Crippen molar-refractivity contribution in [3.05, 3.63) is 71.4 Å². The molecule has 1 aliphatic rings. The van der Waals surface area contributed by atoms with Gasteiger partial charge in [-0.25, -0.2) is 9.37 Å². The third-order valence-electron chi connectivity index (χ3n) is 5.31. The Morgan fingerprint density at radius 2 is 1.89 bits per heavy atom. The molecule has 1 aliphatic heterocycles. The molecule has 0 spiro atoms. The van der Waals surface area contributed by atoms with Crippen molar-refractivity contribution in [2.75, 3.05) is 20.2 Å². The molecule has 5 nitrogen and oxygen atoms in total. The summed E-state index contributed by atoms with van der Waals surface area (Å²) >= 11 is 0. The average molecular weight is 379 g/mol. The Hall–Kier alpha value is -3.15. The van der Waals surface area contributed by atoms with Gasteiger partial charge in [-0.15, -0.1) is 0 Å². The molecule has 3 aromatic rings. The monoisotopic (exact) mass is 379 g/mol. The number of carbonyl (C=O) groups excluding carboxylic acids is 1. The number of rotatable bonds is 3. The van der Waals surface area contributed by atoms with Crippen LogP contribution in [-0.4, -0.2) is 40.6 Å². The van der Waals surface area contributed by atoms with Crippen molar-refractivity contribution in [2.45, 2.75) is 19.9 Å². The molecule has 0 unspecified atom stereocenters. The van der Waals surface area contributed by atoms with E-state index in [0.29, 0.717) is 37.2 Å². The Kier molecular flexibility index (Phi) is 4.86. The highest BCUT2D eigenvalue weighted by Crippen LogP contribution is 2.25. The normalized spacial score (nSPS) is 13.8. The quantitative estimate of drug-likeness (QED) is 0.697. The SMILES string of the molecule is COc1ccc(-c2cnc3n2CCN(C(=O)c2cccc(F)c2C)CC3)cc1. The van der Waals surface area contributed by atoms with E-state index in [9.17, 15) is 9.18 Å². The van der Waals surface area contributed by atoms with Crippen molar-refractivity contribution >= 4 is 5.91 Å². The van der Waals surface area contributed by atoms with E-state index in [-0.39, 0.29) is 11.7 Å². The molecule has 4 rings (SSSR count). The van der Waals surface area contributed by atoms with E-state index < -0.39 is 0 Å². The van der Waals surface area contributed by atoms with Crippen LogP contribution in [0.2, 0.25) is 0 Å². The number of benzene rings is 2. The van der Waals surface area contributed by atoms with Crippen molar-refractivity contribution in [1.82, 2.24) is 14.5 Å². The summed E-state index contributed by atoms with van der Waals surface area (Å²) in [4.78, 5) is 19.3. The van der Waals surface area contributed by atoms with Gasteiger partial charge in [0, 0.05) is 37.2 Å². The van der Waals surface area contributed by atoms with Crippen LogP contribution < -0.4 is 4.74 Å². The van der Waals surface area contributed by atoms with Crippen LogP contribution in [0, 0.1) is 12.7 Å². The lowest BCUT2D eigenvalue weighted by Gasteiger charge is -2.21. The highest BCUT2D eigenvalue weighted by Gasteiger charge is 2.23. The van der Waals surface area contributed by atoms with Gasteiger partial charge < -0.3 is 14.2 Å². The molecule has 0 saturated carbocycles. The van der Waals surface area contributed by atoms with Crippen molar-refractivity contribution in [1.29, 1.82) is 0 Å². The topological polar surface area (TPSA) is 47.4 Å². The van der Waals surface area contributed by atoms with Crippen LogP contribution in [0.4, 0.5) is 4.39 Å². The summed E-state index contributed by atoms with van der Waals surface area (Å²) < 4.78 is 21.2. The van der Waals surface area contributed by atoms with E-state index >= 15 is 0 Å². The number of hydrogen-bond donors (Lipinski definition) is 0. The molecule has 28 heavy (non-hydrogen) atoms. The van der Waals surface area contributed by atoms with Gasteiger partial charge in [-0.2, -0.15) is 0 Å². The maximum absolute atomic E-state index is 13.9. The van der Waals surface area contributed by atoms with Crippen LogP contribution in [0.5, 0.6) is 5.75 Å². The van der Waals surface area contributed by atoms with Gasteiger partial charge in [0.05, 0.1) is 19.0 Å². The van der Waals surface area contributed by atoms with E-state index in [2.05, 4.69) is 9.55 Å². The second kappa shape index (κ2) is 7.46. The Morgan fingerprint density at radius 3 is 2.64 bits per heavy atom. The Labute approximate surface area is 163 Å². The number of hydrogen-bond acceptors (Lipinski definition) is 3.